The van der Waals surface area contributed by atoms with Crippen molar-refractivity contribution in [2.45, 2.75) is 44.4 Å². The molecule has 1 aliphatic rings. The van der Waals surface area contributed by atoms with E-state index < -0.39 is 6.61 Å². The molecule has 0 bridgehead atoms. The van der Waals surface area contributed by atoms with Crippen LogP contribution in [0.5, 0.6) is 0 Å². The van der Waals surface area contributed by atoms with Crippen molar-refractivity contribution in [2.75, 3.05) is 0 Å². The van der Waals surface area contributed by atoms with E-state index in [-0.39, 0.29) is 12.1 Å². The Hall–Kier alpha value is -0.690. The van der Waals surface area contributed by atoms with Crippen LogP contribution in [0.4, 0.5) is 8.78 Å². The second-order valence-electron chi connectivity index (χ2n) is 2.96. The molecule has 2 nitrogen and oxygen atoms in total. The highest BCUT2D eigenvalue weighted by molar-refractivity contribution is 4.84. The zero-order valence-corrected chi connectivity index (χ0v) is 6.67. The van der Waals surface area contributed by atoms with Gasteiger partial charge in [-0.3, -0.25) is 0 Å². The molecule has 0 N–H and O–H groups in total. The third-order valence-electron chi connectivity index (χ3n) is 2.12. The van der Waals surface area contributed by atoms with Crippen LogP contribution in [0.15, 0.2) is 0 Å². The number of nitrogens with zero attached hydrogens (tertiary/aromatic N) is 1. The summed E-state index contributed by atoms with van der Waals surface area (Å²) in [6.45, 7) is 4.07. The zero-order chi connectivity index (χ0) is 8.97. The van der Waals surface area contributed by atoms with Gasteiger partial charge in [0.2, 0.25) is 6.04 Å². The lowest BCUT2D eigenvalue weighted by Crippen LogP contribution is -2.24. The van der Waals surface area contributed by atoms with Gasteiger partial charge in [0.25, 0.3) is 0 Å². The molecule has 0 aliphatic heterocycles. The van der Waals surface area contributed by atoms with E-state index in [1.807, 2.05) is 0 Å². The van der Waals surface area contributed by atoms with Crippen molar-refractivity contribution in [1.29, 1.82) is 0 Å². The largest absolute Gasteiger partial charge is 0.345 e. The molecule has 1 fully saturated rings. The van der Waals surface area contributed by atoms with Gasteiger partial charge in [-0.1, -0.05) is 0 Å². The summed E-state index contributed by atoms with van der Waals surface area (Å²) in [5.74, 6) is 0. The van der Waals surface area contributed by atoms with Crippen LogP contribution in [-0.4, -0.2) is 18.8 Å². The summed E-state index contributed by atoms with van der Waals surface area (Å²) in [5.41, 5.74) is 0. The van der Waals surface area contributed by atoms with Crippen LogP contribution in [0, 0.1) is 6.57 Å². The van der Waals surface area contributed by atoms with Gasteiger partial charge in [-0.15, -0.1) is 0 Å². The van der Waals surface area contributed by atoms with Gasteiger partial charge >= 0.3 is 6.61 Å². The predicted molar refractivity (Wildman–Crippen MR) is 39.7 cm³/mol. The van der Waals surface area contributed by atoms with Crippen LogP contribution in [0.25, 0.3) is 4.85 Å². The molecule has 12 heavy (non-hydrogen) atoms. The summed E-state index contributed by atoms with van der Waals surface area (Å²) in [6.07, 6.45) is 2.25. The average Bonchev–Trinajstić information content (AvgIpc) is 2.05. The Balaban J connectivity index is 2.23. The predicted octanol–water partition coefficient (Wildman–Crippen LogP) is 2.46. The SMILES string of the molecule is [C-]#[N+]C1CCC(OC(F)F)CC1. The van der Waals surface area contributed by atoms with Crippen molar-refractivity contribution < 1.29 is 13.5 Å². The lowest BCUT2D eigenvalue weighted by Gasteiger charge is -2.22. The van der Waals surface area contributed by atoms with E-state index >= 15 is 0 Å². The summed E-state index contributed by atoms with van der Waals surface area (Å²) in [7, 11) is 0. The average molecular weight is 175 g/mol. The van der Waals surface area contributed by atoms with Gasteiger partial charge in [-0.25, -0.2) is 6.57 Å². The molecule has 0 unspecified atom stereocenters. The first-order valence-corrected chi connectivity index (χ1v) is 4.02. The molecule has 0 spiro atoms. The topological polar surface area (TPSA) is 13.6 Å². The van der Waals surface area contributed by atoms with E-state index in [2.05, 4.69) is 9.58 Å². The van der Waals surface area contributed by atoms with E-state index in [1.54, 1.807) is 0 Å². The lowest BCUT2D eigenvalue weighted by molar-refractivity contribution is -0.169. The minimum Gasteiger partial charge on any atom is -0.320 e. The maximum absolute atomic E-state index is 11.7. The third-order valence-corrected chi connectivity index (χ3v) is 2.12. The van der Waals surface area contributed by atoms with Gasteiger partial charge in [0.05, 0.1) is 6.10 Å². The molecular formula is C8H11F2NO. The van der Waals surface area contributed by atoms with Crippen molar-refractivity contribution in [3.05, 3.63) is 11.4 Å². The molecule has 4 heteroatoms. The Bertz CT molecular complexity index is 170. The fourth-order valence-electron chi connectivity index (χ4n) is 1.46. The second kappa shape index (κ2) is 4.36. The summed E-state index contributed by atoms with van der Waals surface area (Å²) in [6, 6.07) is 0.0301. The van der Waals surface area contributed by atoms with E-state index in [9.17, 15) is 8.78 Å². The van der Waals surface area contributed by atoms with E-state index in [1.165, 1.54) is 0 Å². The molecule has 0 saturated heterocycles. The Labute approximate surface area is 70.3 Å². The number of hydrogen-bond donors (Lipinski definition) is 0. The first-order chi connectivity index (χ1) is 5.72. The Kier molecular flexibility index (Phi) is 3.42. The molecule has 0 heterocycles. The fraction of sp³-hybridized carbons (Fsp3) is 0.875. The molecule has 0 aromatic carbocycles. The van der Waals surface area contributed by atoms with Crippen LogP contribution < -0.4 is 0 Å². The highest BCUT2D eigenvalue weighted by Gasteiger charge is 2.26. The van der Waals surface area contributed by atoms with Crippen molar-refractivity contribution in [2.24, 2.45) is 0 Å². The minimum atomic E-state index is -2.67. The van der Waals surface area contributed by atoms with Crippen molar-refractivity contribution in [1.82, 2.24) is 0 Å². The number of hydrogen-bond acceptors (Lipinski definition) is 1. The van der Waals surface area contributed by atoms with Crippen LogP contribution in [0.3, 0.4) is 0 Å². The Morgan fingerprint density at radius 3 is 2.25 bits per heavy atom. The molecule has 68 valence electrons. The summed E-state index contributed by atoms with van der Waals surface area (Å²) >= 11 is 0. The summed E-state index contributed by atoms with van der Waals surface area (Å²) in [5, 5.41) is 0. The van der Waals surface area contributed by atoms with E-state index in [0.717, 1.165) is 0 Å². The summed E-state index contributed by atoms with van der Waals surface area (Å²) < 4.78 is 27.8. The van der Waals surface area contributed by atoms with Crippen LogP contribution in [0.2, 0.25) is 0 Å². The molecule has 0 amide bonds. The normalized spacial score (nSPS) is 30.2. The Morgan fingerprint density at radius 2 is 1.83 bits per heavy atom. The summed E-state index contributed by atoms with van der Waals surface area (Å²) in [4.78, 5) is 3.37. The van der Waals surface area contributed by atoms with Crippen molar-refractivity contribution in [3.8, 4) is 0 Å². The Morgan fingerprint density at radius 1 is 1.25 bits per heavy atom. The molecule has 1 aliphatic carbocycles. The van der Waals surface area contributed by atoms with Crippen molar-refractivity contribution >= 4 is 0 Å². The van der Waals surface area contributed by atoms with Gasteiger partial charge in [0.1, 0.15) is 0 Å². The van der Waals surface area contributed by atoms with E-state index in [0.29, 0.717) is 25.7 Å². The number of ether oxygens (including phenoxy) is 1. The van der Waals surface area contributed by atoms with Crippen LogP contribution >= 0.6 is 0 Å². The quantitative estimate of drug-likeness (QED) is 0.588. The second-order valence-corrected chi connectivity index (χ2v) is 2.96. The number of rotatable bonds is 2. The zero-order valence-electron chi connectivity index (χ0n) is 6.67. The molecule has 0 aromatic heterocycles. The van der Waals surface area contributed by atoms with Gasteiger partial charge in [-0.05, 0) is 12.8 Å². The molecule has 1 rings (SSSR count). The van der Waals surface area contributed by atoms with E-state index in [4.69, 9.17) is 6.57 Å². The van der Waals surface area contributed by atoms with Gasteiger partial charge in [0, 0.05) is 12.8 Å². The monoisotopic (exact) mass is 175 g/mol. The number of halogens is 2. The first-order valence-electron chi connectivity index (χ1n) is 4.02. The third kappa shape index (κ3) is 2.74. The maximum Gasteiger partial charge on any atom is 0.345 e. The molecule has 1 saturated carbocycles. The van der Waals surface area contributed by atoms with Gasteiger partial charge in [0.15, 0.2) is 0 Å². The molecule has 0 aromatic rings. The highest BCUT2D eigenvalue weighted by Crippen LogP contribution is 2.24. The maximum atomic E-state index is 11.7. The van der Waals surface area contributed by atoms with Gasteiger partial charge in [-0.2, -0.15) is 8.78 Å². The van der Waals surface area contributed by atoms with Crippen LogP contribution in [-0.2, 0) is 4.74 Å². The van der Waals surface area contributed by atoms with Crippen molar-refractivity contribution in [3.63, 3.8) is 0 Å². The molecule has 0 atom stereocenters. The smallest absolute Gasteiger partial charge is 0.320 e. The highest BCUT2D eigenvalue weighted by atomic mass is 19.3. The van der Waals surface area contributed by atoms with Crippen LogP contribution in [0.1, 0.15) is 25.7 Å². The number of alkyl halides is 2. The van der Waals surface area contributed by atoms with Gasteiger partial charge < -0.3 is 9.58 Å². The lowest BCUT2D eigenvalue weighted by atomic mass is 9.94. The molecule has 0 radical (unpaired) electrons. The molecular weight excluding hydrogens is 164 g/mol. The minimum absolute atomic E-state index is 0.0301. The standard InChI is InChI=1S/C8H11F2NO/c1-11-6-2-4-7(5-3-6)12-8(9)10/h6-8H,2-5H2. The first kappa shape index (κ1) is 9.40. The fourth-order valence-corrected chi connectivity index (χ4v) is 1.46.